The molecule has 0 fully saturated rings. The van der Waals surface area contributed by atoms with Crippen molar-refractivity contribution in [3.63, 3.8) is 0 Å². The van der Waals surface area contributed by atoms with Gasteiger partial charge in [0.05, 0.1) is 20.3 Å². The second-order valence-corrected chi connectivity index (χ2v) is 9.20. The molecular formula is C29H28FN3O4. The summed E-state index contributed by atoms with van der Waals surface area (Å²) in [5, 5.41) is 18.1. The summed E-state index contributed by atoms with van der Waals surface area (Å²) in [4.78, 5) is 15.3. The van der Waals surface area contributed by atoms with Gasteiger partial charge in [0.15, 0.2) is 11.5 Å². The Hall–Kier alpha value is -4.33. The minimum Gasteiger partial charge on any atom is -0.507 e. The van der Waals surface area contributed by atoms with E-state index in [0.717, 1.165) is 11.1 Å². The largest absolute Gasteiger partial charge is 0.507 e. The summed E-state index contributed by atoms with van der Waals surface area (Å²) in [5.74, 6) is 0.614. The molecule has 1 atom stereocenters. The van der Waals surface area contributed by atoms with Crippen molar-refractivity contribution in [2.24, 2.45) is 0 Å². The number of aromatic amines is 1. The maximum absolute atomic E-state index is 15.2. The fraction of sp³-hybridized carbons (Fsp3) is 0.241. The molecule has 2 heterocycles. The van der Waals surface area contributed by atoms with Gasteiger partial charge in [-0.2, -0.15) is 5.10 Å². The van der Waals surface area contributed by atoms with Crippen LogP contribution in [0.4, 0.5) is 4.39 Å². The molecular weight excluding hydrogens is 473 g/mol. The maximum Gasteiger partial charge on any atom is 0.273 e. The molecule has 1 aliphatic rings. The SMILES string of the molecule is COc1ccc(CCN2C(=O)c3[nH]nc(-c4cc(C)cc(C)c4O)c3C2c2ccccc2F)cc1OC. The van der Waals surface area contributed by atoms with E-state index in [0.29, 0.717) is 58.1 Å². The smallest absolute Gasteiger partial charge is 0.273 e. The molecule has 190 valence electrons. The monoisotopic (exact) mass is 501 g/mol. The number of hydrogen-bond acceptors (Lipinski definition) is 5. The van der Waals surface area contributed by atoms with Crippen molar-refractivity contribution in [2.75, 3.05) is 20.8 Å². The fourth-order valence-electron chi connectivity index (χ4n) is 5.08. The number of aryl methyl sites for hydroxylation is 2. The molecule has 0 saturated carbocycles. The summed E-state index contributed by atoms with van der Waals surface area (Å²) in [6.45, 7) is 4.07. The van der Waals surface area contributed by atoms with E-state index >= 15 is 4.39 Å². The molecule has 37 heavy (non-hydrogen) atoms. The van der Waals surface area contributed by atoms with Gasteiger partial charge in [-0.1, -0.05) is 30.3 Å². The first-order valence-corrected chi connectivity index (χ1v) is 12.0. The van der Waals surface area contributed by atoms with Gasteiger partial charge < -0.3 is 19.5 Å². The van der Waals surface area contributed by atoms with E-state index in [4.69, 9.17) is 9.47 Å². The molecule has 4 aromatic rings. The molecule has 5 rings (SSSR count). The summed E-state index contributed by atoms with van der Waals surface area (Å²) in [5.41, 5.74) is 4.76. The van der Waals surface area contributed by atoms with Gasteiger partial charge in [0.2, 0.25) is 0 Å². The van der Waals surface area contributed by atoms with Crippen LogP contribution in [-0.4, -0.2) is 46.9 Å². The number of ether oxygens (including phenoxy) is 2. The number of halogens is 1. The topological polar surface area (TPSA) is 87.7 Å². The molecule has 1 amide bonds. The second kappa shape index (κ2) is 9.61. The van der Waals surface area contributed by atoms with E-state index in [9.17, 15) is 9.90 Å². The Morgan fingerprint density at radius 1 is 1.05 bits per heavy atom. The zero-order chi connectivity index (χ0) is 26.3. The number of fused-ring (bicyclic) bond motifs is 1. The van der Waals surface area contributed by atoms with Gasteiger partial charge in [-0.25, -0.2) is 4.39 Å². The van der Waals surface area contributed by atoms with E-state index in [1.54, 1.807) is 37.3 Å². The molecule has 8 heteroatoms. The van der Waals surface area contributed by atoms with Crippen LogP contribution in [0.3, 0.4) is 0 Å². The number of aromatic nitrogens is 2. The van der Waals surface area contributed by atoms with Crippen LogP contribution in [0.2, 0.25) is 0 Å². The van der Waals surface area contributed by atoms with Gasteiger partial charge in [0.25, 0.3) is 5.91 Å². The lowest BCUT2D eigenvalue weighted by Gasteiger charge is -2.27. The Labute approximate surface area is 214 Å². The number of methoxy groups -OCH3 is 2. The Balaban J connectivity index is 1.58. The van der Waals surface area contributed by atoms with Crippen molar-refractivity contribution in [1.29, 1.82) is 0 Å². The highest BCUT2D eigenvalue weighted by Gasteiger charge is 2.43. The number of hydrogen-bond donors (Lipinski definition) is 2. The van der Waals surface area contributed by atoms with E-state index < -0.39 is 11.9 Å². The van der Waals surface area contributed by atoms with Crippen molar-refractivity contribution in [3.8, 4) is 28.5 Å². The van der Waals surface area contributed by atoms with Crippen molar-refractivity contribution >= 4 is 5.91 Å². The normalized spacial score (nSPS) is 14.7. The number of aromatic hydroxyl groups is 1. The van der Waals surface area contributed by atoms with Gasteiger partial charge in [-0.05, 0) is 61.2 Å². The van der Waals surface area contributed by atoms with Crippen LogP contribution in [0.1, 0.15) is 44.3 Å². The minimum absolute atomic E-state index is 0.0865. The van der Waals surface area contributed by atoms with E-state index in [-0.39, 0.29) is 11.7 Å². The molecule has 0 aliphatic carbocycles. The fourth-order valence-corrected chi connectivity index (χ4v) is 5.08. The van der Waals surface area contributed by atoms with Crippen LogP contribution in [0.5, 0.6) is 17.2 Å². The first-order chi connectivity index (χ1) is 17.8. The number of nitrogens with zero attached hydrogens (tertiary/aromatic N) is 2. The summed E-state index contributed by atoms with van der Waals surface area (Å²) in [6, 6.07) is 15.0. The minimum atomic E-state index is -0.710. The van der Waals surface area contributed by atoms with Crippen LogP contribution in [0.15, 0.2) is 54.6 Å². The third kappa shape index (κ3) is 4.18. The van der Waals surface area contributed by atoms with Crippen molar-refractivity contribution in [3.05, 3.63) is 93.9 Å². The standard InChI is InChI=1S/C29H28FN3O4/c1-16-13-17(2)28(34)20(14-16)25-24-26(32-31-25)29(35)33(27(24)19-7-5-6-8-21(19)30)12-11-18-9-10-22(36-3)23(15-18)37-4/h5-10,13-15,27,34H,11-12H2,1-4H3,(H,31,32). The highest BCUT2D eigenvalue weighted by atomic mass is 19.1. The lowest BCUT2D eigenvalue weighted by molar-refractivity contribution is 0.0744. The van der Waals surface area contributed by atoms with Crippen LogP contribution in [0.25, 0.3) is 11.3 Å². The third-order valence-electron chi connectivity index (χ3n) is 6.85. The van der Waals surface area contributed by atoms with Gasteiger partial charge in [-0.15, -0.1) is 0 Å². The average molecular weight is 502 g/mol. The molecule has 3 aromatic carbocycles. The van der Waals surface area contributed by atoms with Crippen molar-refractivity contribution in [1.82, 2.24) is 15.1 Å². The molecule has 1 unspecified atom stereocenters. The number of nitrogens with one attached hydrogen (secondary N) is 1. The predicted octanol–water partition coefficient (Wildman–Crippen LogP) is 5.34. The zero-order valence-corrected chi connectivity index (χ0v) is 21.1. The molecule has 2 N–H and O–H groups in total. The van der Waals surface area contributed by atoms with E-state index in [2.05, 4.69) is 10.2 Å². The molecule has 0 saturated heterocycles. The number of carbonyl (C=O) groups is 1. The number of amides is 1. The second-order valence-electron chi connectivity index (χ2n) is 9.20. The Bertz CT molecular complexity index is 1500. The number of phenols is 1. The molecule has 0 spiro atoms. The molecule has 1 aromatic heterocycles. The zero-order valence-electron chi connectivity index (χ0n) is 21.1. The first kappa shape index (κ1) is 24.4. The van der Waals surface area contributed by atoms with Gasteiger partial charge >= 0.3 is 0 Å². The van der Waals surface area contributed by atoms with Crippen molar-refractivity contribution < 1.29 is 23.8 Å². The maximum atomic E-state index is 15.2. The summed E-state index contributed by atoms with van der Waals surface area (Å²) >= 11 is 0. The molecule has 1 aliphatic heterocycles. The molecule has 0 bridgehead atoms. The number of benzene rings is 3. The van der Waals surface area contributed by atoms with Crippen LogP contribution in [-0.2, 0) is 6.42 Å². The average Bonchev–Trinajstić information content (AvgIpc) is 3.43. The lowest BCUT2D eigenvalue weighted by Crippen LogP contribution is -2.32. The van der Waals surface area contributed by atoms with Gasteiger partial charge in [0.1, 0.15) is 23.0 Å². The number of H-pyrrole nitrogens is 1. The van der Waals surface area contributed by atoms with E-state index in [1.807, 2.05) is 44.2 Å². The van der Waals surface area contributed by atoms with Crippen LogP contribution < -0.4 is 9.47 Å². The number of rotatable bonds is 7. The Morgan fingerprint density at radius 2 is 1.81 bits per heavy atom. The predicted molar refractivity (Wildman–Crippen MR) is 138 cm³/mol. The molecule has 0 radical (unpaired) electrons. The summed E-state index contributed by atoms with van der Waals surface area (Å²) in [6.07, 6.45) is 0.513. The molecule has 7 nitrogen and oxygen atoms in total. The Kier molecular flexibility index (Phi) is 6.33. The van der Waals surface area contributed by atoms with Crippen LogP contribution >= 0.6 is 0 Å². The summed E-state index contributed by atoms with van der Waals surface area (Å²) in [7, 11) is 3.15. The van der Waals surface area contributed by atoms with Crippen LogP contribution in [0, 0.1) is 19.7 Å². The quantitative estimate of drug-likeness (QED) is 0.357. The van der Waals surface area contributed by atoms with Crippen molar-refractivity contribution in [2.45, 2.75) is 26.3 Å². The Morgan fingerprint density at radius 3 is 2.54 bits per heavy atom. The van der Waals surface area contributed by atoms with Gasteiger partial charge in [-0.3, -0.25) is 9.89 Å². The number of phenolic OH excluding ortho intramolecular Hbond substituents is 1. The van der Waals surface area contributed by atoms with E-state index in [1.165, 1.54) is 6.07 Å². The first-order valence-electron chi connectivity index (χ1n) is 12.0. The van der Waals surface area contributed by atoms with Gasteiger partial charge in [0, 0.05) is 23.2 Å². The highest BCUT2D eigenvalue weighted by molar-refractivity contribution is 6.00. The summed E-state index contributed by atoms with van der Waals surface area (Å²) < 4.78 is 25.9. The lowest BCUT2D eigenvalue weighted by atomic mass is 9.93. The highest BCUT2D eigenvalue weighted by Crippen LogP contribution is 2.45. The number of carbonyl (C=O) groups excluding carboxylic acids is 1. The third-order valence-corrected chi connectivity index (χ3v) is 6.85.